The Balaban J connectivity index is 0.00000576. The van der Waals surface area contributed by atoms with Gasteiger partial charge < -0.3 is 47.9 Å². The van der Waals surface area contributed by atoms with Crippen LogP contribution in [0.1, 0.15) is 22.8 Å². The topological polar surface area (TPSA) is 128 Å². The number of rotatable bonds is 12. The Morgan fingerprint density at radius 1 is 0.308 bits per heavy atom. The summed E-state index contributed by atoms with van der Waals surface area (Å²) in [6.07, 6.45) is 7.91. The molecule has 13 heteroatoms. The molecule has 12 nitrogen and oxygen atoms in total. The van der Waals surface area contributed by atoms with Gasteiger partial charge in [0.15, 0.2) is 0 Å². The fraction of sp³-hybridized carbons (Fsp3) is 0.154. The zero-order chi connectivity index (χ0) is 44.5. The summed E-state index contributed by atoms with van der Waals surface area (Å²) < 4.78 is 47.0. The molecule has 0 amide bonds. The number of hydrogen-bond acceptors (Lipinski definition) is 10. The van der Waals surface area contributed by atoms with Crippen LogP contribution in [-0.4, -0.2) is 66.8 Å². The van der Waals surface area contributed by atoms with Crippen LogP contribution in [0.25, 0.3) is 90.9 Å². The minimum absolute atomic E-state index is 0. The molecule has 329 valence electrons. The van der Waals surface area contributed by atoms with E-state index in [1.807, 2.05) is 121 Å². The fourth-order valence-electron chi connectivity index (χ4n) is 8.23. The zero-order valence-corrected chi connectivity index (χ0v) is 38.0. The molecule has 0 fully saturated rings. The van der Waals surface area contributed by atoms with Crippen LogP contribution in [-0.2, 0) is 16.8 Å². The maximum Gasteiger partial charge on any atom is 2.00 e. The summed E-state index contributed by atoms with van der Waals surface area (Å²) in [5.74, 6) is 4.98. The van der Waals surface area contributed by atoms with Crippen molar-refractivity contribution in [1.29, 1.82) is 0 Å². The van der Waals surface area contributed by atoms with E-state index in [1.165, 1.54) is 0 Å². The third-order valence-corrected chi connectivity index (χ3v) is 11.3. The van der Waals surface area contributed by atoms with Gasteiger partial charge in [0, 0.05) is 22.3 Å². The van der Waals surface area contributed by atoms with Crippen molar-refractivity contribution in [3.05, 3.63) is 120 Å². The van der Waals surface area contributed by atoms with E-state index in [2.05, 4.69) is 0 Å². The summed E-state index contributed by atoms with van der Waals surface area (Å²) >= 11 is 0. The normalized spacial score (nSPS) is 11.4. The average molecular weight is 912 g/mol. The minimum atomic E-state index is 0. The Kier molecular flexibility index (Phi) is 12.6. The molecule has 2 aliphatic rings. The van der Waals surface area contributed by atoms with Crippen LogP contribution in [0.5, 0.6) is 46.0 Å². The maximum atomic E-state index is 6.00. The van der Waals surface area contributed by atoms with E-state index >= 15 is 0 Å². The van der Waals surface area contributed by atoms with Gasteiger partial charge in [-0.1, -0.05) is 24.3 Å². The van der Waals surface area contributed by atoms with Crippen LogP contribution >= 0.6 is 0 Å². The molecular weight excluding hydrogens is 868 g/mol. The van der Waals surface area contributed by atoms with Crippen LogP contribution in [0.3, 0.4) is 0 Å². The predicted octanol–water partition coefficient (Wildman–Crippen LogP) is 10.6. The molecule has 4 aromatic carbocycles. The molecule has 8 bridgehead atoms. The molecule has 0 spiro atoms. The predicted molar refractivity (Wildman–Crippen MR) is 251 cm³/mol. The van der Waals surface area contributed by atoms with Gasteiger partial charge in [-0.05, 0) is 119 Å². The Hall–Kier alpha value is -7.61. The Bertz CT molecular complexity index is 2780. The van der Waals surface area contributed by atoms with Crippen molar-refractivity contribution in [2.45, 2.75) is 0 Å². The van der Waals surface area contributed by atoms with Gasteiger partial charge in [0.25, 0.3) is 0 Å². The van der Waals surface area contributed by atoms with E-state index in [-0.39, 0.29) is 16.8 Å². The van der Waals surface area contributed by atoms with Crippen molar-refractivity contribution in [2.75, 3.05) is 56.9 Å². The molecule has 7 aromatic rings. The van der Waals surface area contributed by atoms with Gasteiger partial charge >= 0.3 is 16.8 Å². The van der Waals surface area contributed by atoms with Gasteiger partial charge in [0.1, 0.15) is 46.0 Å². The molecule has 5 heterocycles. The second-order valence-corrected chi connectivity index (χ2v) is 14.6. The number of ether oxygens (including phenoxy) is 8. The molecule has 0 N–H and O–H groups in total. The van der Waals surface area contributed by atoms with E-state index in [1.54, 1.807) is 56.9 Å². The Morgan fingerprint density at radius 2 is 0.538 bits per heavy atom. The van der Waals surface area contributed by atoms with E-state index in [4.69, 9.17) is 57.8 Å². The maximum absolute atomic E-state index is 6.00. The fourth-order valence-corrected chi connectivity index (χ4v) is 8.23. The van der Waals surface area contributed by atoms with Crippen molar-refractivity contribution >= 4 is 46.4 Å². The number of fused-ring (bicyclic) bond motifs is 8. The number of hydrogen-bond donors (Lipinski definition) is 0. The van der Waals surface area contributed by atoms with Crippen LogP contribution in [0.4, 0.5) is 0 Å². The molecule has 0 atom stereocenters. The molecule has 65 heavy (non-hydrogen) atoms. The quantitative estimate of drug-likeness (QED) is 0.116. The van der Waals surface area contributed by atoms with Crippen molar-refractivity contribution in [3.63, 3.8) is 0 Å². The summed E-state index contributed by atoms with van der Waals surface area (Å²) in [6, 6.07) is 30.6. The van der Waals surface area contributed by atoms with Crippen LogP contribution in [0, 0.1) is 0 Å². The summed E-state index contributed by atoms with van der Waals surface area (Å²) in [7, 11) is 13.1. The molecule has 0 unspecified atom stereocenters. The first-order valence-electron chi connectivity index (χ1n) is 20.3. The SMILES string of the molecule is COc1ccc(OC)c(-c2c3nc(c(-c4cc(OC)ccc4OC)c4ccc([n-]4)c(-c4cc(OC)ccc4OC)c4nc(c(-c5cc(OC)ccc5OC)c5ccc2[n-]5)C=C4)C=C3)c1.[Co+2]. The first kappa shape index (κ1) is 44.0. The van der Waals surface area contributed by atoms with Crippen LogP contribution in [0.15, 0.2) is 97.1 Å². The first-order chi connectivity index (χ1) is 31.3. The Morgan fingerprint density at radius 3 is 0.738 bits per heavy atom. The van der Waals surface area contributed by atoms with E-state index < -0.39 is 0 Å². The zero-order valence-electron chi connectivity index (χ0n) is 36.9. The second kappa shape index (κ2) is 18.6. The number of methoxy groups -OCH3 is 8. The van der Waals surface area contributed by atoms with Gasteiger partial charge in [-0.2, -0.15) is 0 Å². The third kappa shape index (κ3) is 8.00. The molecular formula is C52H44CoN4O8. The number of benzene rings is 4. The molecule has 0 saturated heterocycles. The Labute approximate surface area is 386 Å². The summed E-state index contributed by atoms with van der Waals surface area (Å²) in [4.78, 5) is 21.6. The second-order valence-electron chi connectivity index (χ2n) is 14.6. The van der Waals surface area contributed by atoms with Crippen molar-refractivity contribution in [3.8, 4) is 90.5 Å². The molecule has 3 aromatic heterocycles. The van der Waals surface area contributed by atoms with Crippen LogP contribution in [0.2, 0.25) is 0 Å². The summed E-state index contributed by atoms with van der Waals surface area (Å²) in [5, 5.41) is 0. The van der Waals surface area contributed by atoms with E-state index in [0.29, 0.717) is 113 Å². The smallest absolute Gasteiger partial charge is 0.657 e. The van der Waals surface area contributed by atoms with E-state index in [0.717, 1.165) is 22.3 Å². The van der Waals surface area contributed by atoms with E-state index in [9.17, 15) is 0 Å². The minimum Gasteiger partial charge on any atom is -0.657 e. The molecule has 9 rings (SSSR count). The first-order valence-corrected chi connectivity index (χ1v) is 20.3. The number of nitrogens with zero attached hydrogens (tertiary/aromatic N) is 4. The largest absolute Gasteiger partial charge is 2.00 e. The van der Waals surface area contributed by atoms with Crippen molar-refractivity contribution < 1.29 is 54.7 Å². The van der Waals surface area contributed by atoms with Crippen LogP contribution < -0.4 is 47.9 Å². The summed E-state index contributed by atoms with van der Waals surface area (Å²) in [6.45, 7) is 0. The molecule has 0 aliphatic carbocycles. The standard InChI is InChI=1S/C52H44N4O8.Co/c1-57-29-9-21-45(61-5)33(25-29)49-37-13-15-39(53-37)50(34-26-30(58-2)10-22-46(34)62-6)41-17-19-43(55-41)52(36-28-32(60-4)12-24-48(36)64-8)44-20-18-42(56-44)51(40-16-14-38(49)54-40)35-27-31(59-3)11-23-47(35)63-7;/h9-28H,1-8H3;/q-2;+2. The van der Waals surface area contributed by atoms with Gasteiger partial charge in [0.2, 0.25) is 0 Å². The van der Waals surface area contributed by atoms with Gasteiger partial charge in [-0.3, -0.25) is 0 Å². The monoisotopic (exact) mass is 911 g/mol. The average Bonchev–Trinajstić information content (AvgIpc) is 4.20. The van der Waals surface area contributed by atoms with Gasteiger partial charge in [0.05, 0.1) is 79.7 Å². The third-order valence-electron chi connectivity index (χ3n) is 11.3. The summed E-state index contributed by atoms with van der Waals surface area (Å²) in [5.41, 5.74) is 10.8. The molecule has 0 saturated carbocycles. The van der Waals surface area contributed by atoms with Crippen molar-refractivity contribution in [2.24, 2.45) is 0 Å². The van der Waals surface area contributed by atoms with Crippen molar-refractivity contribution in [1.82, 2.24) is 19.9 Å². The van der Waals surface area contributed by atoms with Gasteiger partial charge in [-0.25, -0.2) is 9.97 Å². The number of aromatic nitrogens is 4. The molecule has 2 aliphatic heterocycles. The van der Waals surface area contributed by atoms with Gasteiger partial charge in [-0.15, -0.1) is 22.1 Å². The molecule has 1 radical (unpaired) electrons.